The molecule has 2 atom stereocenters. The van der Waals surface area contributed by atoms with Gasteiger partial charge in [-0.1, -0.05) is 127 Å². The molecular weight excluding hydrogens is 582 g/mol. The Balaban J connectivity index is 1.95. The molecule has 1 aliphatic heterocycles. The maximum absolute atomic E-state index is 12.3. The van der Waals surface area contributed by atoms with E-state index in [9.17, 15) is 9.59 Å². The van der Waals surface area contributed by atoms with E-state index in [-0.39, 0.29) is 23.8 Å². The number of hydrogen-bond donors (Lipinski definition) is 1. The van der Waals surface area contributed by atoms with Crippen molar-refractivity contribution in [2.45, 2.75) is 168 Å². The molecule has 1 unspecified atom stereocenters. The van der Waals surface area contributed by atoms with Crippen molar-refractivity contribution in [3.05, 3.63) is 48.6 Å². The van der Waals surface area contributed by atoms with Crippen molar-refractivity contribution in [2.75, 3.05) is 26.3 Å². The van der Waals surface area contributed by atoms with Crippen LogP contribution in [0.15, 0.2) is 48.6 Å². The van der Waals surface area contributed by atoms with E-state index in [2.05, 4.69) is 67.8 Å². The van der Waals surface area contributed by atoms with Gasteiger partial charge in [0.25, 0.3) is 0 Å². The average molecular weight is 656 g/mol. The minimum absolute atomic E-state index is 0.0975. The molecule has 1 heterocycles. The zero-order valence-corrected chi connectivity index (χ0v) is 30.7. The molecule has 1 N–H and O–H groups in total. The Morgan fingerprint density at radius 1 is 0.489 bits per heavy atom. The van der Waals surface area contributed by atoms with Crippen molar-refractivity contribution in [3.8, 4) is 0 Å². The van der Waals surface area contributed by atoms with Gasteiger partial charge in [-0.15, -0.1) is 0 Å². The minimum atomic E-state index is -0.0975. The van der Waals surface area contributed by atoms with Crippen LogP contribution in [0.25, 0.3) is 0 Å². The van der Waals surface area contributed by atoms with Gasteiger partial charge in [0, 0.05) is 37.8 Å². The fourth-order valence-electron chi connectivity index (χ4n) is 5.88. The number of hydrogen-bond acceptors (Lipinski definition) is 5. The highest BCUT2D eigenvalue weighted by atomic mass is 16.5. The number of ether oxygens (including phenoxy) is 2. The second-order valence-corrected chi connectivity index (χ2v) is 13.5. The van der Waals surface area contributed by atoms with E-state index in [1.807, 2.05) is 0 Å². The standard InChI is InChI=1S/C42H73NO4/c1-3-5-7-9-11-13-15-17-19-21-23-25-27-29-31-33-41(44)46-37-39-35-43-36-40(39)38-47-42(45)34-32-30-28-26-24-22-20-18-16-14-12-10-8-6-4-2/h11-14,17-20,39-40,43H,3-10,15-16,21-38H2,1-2H3/t39-,40?/m0/s1. The first-order chi connectivity index (χ1) is 23.2. The van der Waals surface area contributed by atoms with Crippen molar-refractivity contribution in [2.24, 2.45) is 11.8 Å². The number of rotatable bonds is 32. The molecule has 0 spiro atoms. The predicted octanol–water partition coefficient (Wildman–Crippen LogP) is 11.5. The molecule has 0 aliphatic carbocycles. The van der Waals surface area contributed by atoms with E-state index < -0.39 is 0 Å². The molecule has 0 bridgehead atoms. The predicted molar refractivity (Wildman–Crippen MR) is 200 cm³/mol. The first-order valence-corrected chi connectivity index (χ1v) is 19.8. The van der Waals surface area contributed by atoms with Crippen LogP contribution in [0.4, 0.5) is 0 Å². The van der Waals surface area contributed by atoms with E-state index in [1.165, 1.54) is 89.9 Å². The normalized spacial score (nSPS) is 16.8. The van der Waals surface area contributed by atoms with Crippen LogP contribution in [-0.4, -0.2) is 38.2 Å². The highest BCUT2D eigenvalue weighted by Crippen LogP contribution is 2.19. The number of esters is 2. The zero-order chi connectivity index (χ0) is 33.9. The summed E-state index contributed by atoms with van der Waals surface area (Å²) in [6.45, 7) is 6.94. The second-order valence-electron chi connectivity index (χ2n) is 13.5. The van der Waals surface area contributed by atoms with E-state index in [1.54, 1.807) is 0 Å². The van der Waals surface area contributed by atoms with Crippen molar-refractivity contribution in [1.29, 1.82) is 0 Å². The van der Waals surface area contributed by atoms with Gasteiger partial charge in [0.1, 0.15) is 0 Å². The Kier molecular flexibility index (Phi) is 30.8. The molecule has 0 aromatic heterocycles. The molecule has 1 saturated heterocycles. The van der Waals surface area contributed by atoms with Gasteiger partial charge in [-0.25, -0.2) is 0 Å². The highest BCUT2D eigenvalue weighted by Gasteiger charge is 2.29. The Bertz CT molecular complexity index is 778. The average Bonchev–Trinajstić information content (AvgIpc) is 3.53. The fourth-order valence-corrected chi connectivity index (χ4v) is 5.88. The summed E-state index contributed by atoms with van der Waals surface area (Å²) in [5, 5.41) is 3.37. The molecule has 1 fully saturated rings. The highest BCUT2D eigenvalue weighted by molar-refractivity contribution is 5.69. The molecule has 1 rings (SSSR count). The molecule has 0 aromatic carbocycles. The van der Waals surface area contributed by atoms with Gasteiger partial charge in [0.2, 0.25) is 0 Å². The summed E-state index contributed by atoms with van der Waals surface area (Å²) in [7, 11) is 0. The summed E-state index contributed by atoms with van der Waals surface area (Å²) in [5.74, 6) is 0.235. The number of carbonyl (C=O) groups is 2. The molecule has 1 aliphatic rings. The lowest BCUT2D eigenvalue weighted by Gasteiger charge is -2.18. The van der Waals surface area contributed by atoms with Gasteiger partial charge in [0.15, 0.2) is 0 Å². The SMILES string of the molecule is CCCCCC=CCC=CCCCCCCCC(=O)OCC1CNC[C@H]1COC(=O)CCCCCCCC=CCC=CCCCCC. The summed E-state index contributed by atoms with van der Waals surface area (Å²) in [4.78, 5) is 24.6. The smallest absolute Gasteiger partial charge is 0.305 e. The van der Waals surface area contributed by atoms with Gasteiger partial charge < -0.3 is 14.8 Å². The van der Waals surface area contributed by atoms with Crippen LogP contribution in [0, 0.1) is 11.8 Å². The molecular formula is C42H73NO4. The lowest BCUT2D eigenvalue weighted by Crippen LogP contribution is -2.25. The van der Waals surface area contributed by atoms with E-state index in [4.69, 9.17) is 9.47 Å². The fraction of sp³-hybridized carbons (Fsp3) is 0.762. The van der Waals surface area contributed by atoms with E-state index in [0.717, 1.165) is 64.5 Å². The minimum Gasteiger partial charge on any atom is -0.465 e. The first kappa shape index (κ1) is 42.9. The molecule has 0 aromatic rings. The van der Waals surface area contributed by atoms with Gasteiger partial charge in [0.05, 0.1) is 13.2 Å². The van der Waals surface area contributed by atoms with Crippen LogP contribution in [0.1, 0.15) is 168 Å². The summed E-state index contributed by atoms with van der Waals surface area (Å²) in [5.41, 5.74) is 0. The maximum Gasteiger partial charge on any atom is 0.305 e. The van der Waals surface area contributed by atoms with Crippen LogP contribution < -0.4 is 5.32 Å². The van der Waals surface area contributed by atoms with Crippen molar-refractivity contribution in [3.63, 3.8) is 0 Å². The Hall–Kier alpha value is -2.14. The number of unbranched alkanes of at least 4 members (excludes halogenated alkanes) is 16. The summed E-state index contributed by atoms with van der Waals surface area (Å²) < 4.78 is 11.2. The van der Waals surface area contributed by atoms with Crippen LogP contribution in [0.2, 0.25) is 0 Å². The van der Waals surface area contributed by atoms with Gasteiger partial charge in [-0.05, 0) is 77.0 Å². The first-order valence-electron chi connectivity index (χ1n) is 19.8. The van der Waals surface area contributed by atoms with Crippen molar-refractivity contribution in [1.82, 2.24) is 5.32 Å². The molecule has 5 heteroatoms. The molecule has 0 radical (unpaired) electrons. The van der Waals surface area contributed by atoms with Gasteiger partial charge >= 0.3 is 11.9 Å². The molecule has 270 valence electrons. The number of allylic oxidation sites excluding steroid dienone is 8. The molecule has 0 amide bonds. The third-order valence-corrected chi connectivity index (χ3v) is 9.06. The lowest BCUT2D eigenvalue weighted by atomic mass is 9.98. The van der Waals surface area contributed by atoms with Crippen molar-refractivity contribution < 1.29 is 19.1 Å². The van der Waals surface area contributed by atoms with E-state index in [0.29, 0.717) is 26.1 Å². The Morgan fingerprint density at radius 2 is 0.830 bits per heavy atom. The number of nitrogens with one attached hydrogen (secondary N) is 1. The monoisotopic (exact) mass is 656 g/mol. The zero-order valence-electron chi connectivity index (χ0n) is 30.7. The maximum atomic E-state index is 12.3. The lowest BCUT2D eigenvalue weighted by molar-refractivity contribution is -0.149. The summed E-state index contributed by atoms with van der Waals surface area (Å²) in [6, 6.07) is 0. The molecule has 47 heavy (non-hydrogen) atoms. The molecule has 0 saturated carbocycles. The third-order valence-electron chi connectivity index (χ3n) is 9.06. The largest absolute Gasteiger partial charge is 0.465 e. The van der Waals surface area contributed by atoms with E-state index >= 15 is 0 Å². The van der Waals surface area contributed by atoms with Crippen LogP contribution in [-0.2, 0) is 19.1 Å². The third kappa shape index (κ3) is 28.6. The Morgan fingerprint density at radius 3 is 1.21 bits per heavy atom. The van der Waals surface area contributed by atoms with Crippen LogP contribution >= 0.6 is 0 Å². The van der Waals surface area contributed by atoms with Gasteiger partial charge in [-0.3, -0.25) is 9.59 Å². The summed E-state index contributed by atoms with van der Waals surface area (Å²) in [6.07, 6.45) is 45.2. The Labute approximate surface area is 290 Å². The number of carbonyl (C=O) groups excluding carboxylic acids is 2. The van der Waals surface area contributed by atoms with Crippen LogP contribution in [0.3, 0.4) is 0 Å². The quantitative estimate of drug-likeness (QED) is 0.0444. The molecule has 5 nitrogen and oxygen atoms in total. The second kappa shape index (κ2) is 33.7. The van der Waals surface area contributed by atoms with Crippen molar-refractivity contribution >= 4 is 11.9 Å². The van der Waals surface area contributed by atoms with Gasteiger partial charge in [-0.2, -0.15) is 0 Å². The summed E-state index contributed by atoms with van der Waals surface area (Å²) >= 11 is 0. The van der Waals surface area contributed by atoms with Crippen LogP contribution in [0.5, 0.6) is 0 Å². The topological polar surface area (TPSA) is 64.6 Å².